The lowest BCUT2D eigenvalue weighted by molar-refractivity contribution is 0.265. The van der Waals surface area contributed by atoms with E-state index in [1.807, 2.05) is 29.2 Å². The van der Waals surface area contributed by atoms with E-state index in [2.05, 4.69) is 0 Å². The number of aliphatic hydroxyl groups excluding tert-OH is 3. The van der Waals surface area contributed by atoms with E-state index in [9.17, 15) is 0 Å². The van der Waals surface area contributed by atoms with Crippen molar-refractivity contribution < 1.29 is 15.3 Å². The highest BCUT2D eigenvalue weighted by Crippen LogP contribution is 2.15. The van der Waals surface area contributed by atoms with Crippen LogP contribution >= 0.6 is 12.4 Å². The summed E-state index contributed by atoms with van der Waals surface area (Å²) >= 11 is 0. The largest absolute Gasteiger partial charge is 0.395 e. The van der Waals surface area contributed by atoms with Crippen LogP contribution in [0.5, 0.6) is 0 Å². The highest BCUT2D eigenvalue weighted by Gasteiger charge is 2.06. The van der Waals surface area contributed by atoms with Crippen molar-refractivity contribution in [2.24, 2.45) is 5.73 Å². The van der Waals surface area contributed by atoms with Crippen molar-refractivity contribution in [1.82, 2.24) is 0 Å². The molecule has 0 aliphatic rings. The molecule has 5 nitrogen and oxygen atoms in total. The van der Waals surface area contributed by atoms with Crippen molar-refractivity contribution in [1.29, 1.82) is 0 Å². The lowest BCUT2D eigenvalue weighted by Crippen LogP contribution is -2.29. The average Bonchev–Trinajstić information content (AvgIpc) is 2.39. The Kier molecular flexibility index (Phi) is 9.55. The van der Waals surface area contributed by atoms with Crippen molar-refractivity contribution in [3.63, 3.8) is 0 Å². The molecule has 0 aromatic heterocycles. The first-order valence-electron chi connectivity index (χ1n) is 6.13. The molecule has 110 valence electrons. The highest BCUT2D eigenvalue weighted by molar-refractivity contribution is 5.85. The molecule has 0 spiro atoms. The summed E-state index contributed by atoms with van der Waals surface area (Å²) in [5.41, 5.74) is 7.69. The molecule has 0 heterocycles. The van der Waals surface area contributed by atoms with E-state index in [-0.39, 0.29) is 38.3 Å². The molecule has 0 radical (unpaired) electrons. The average molecular weight is 291 g/mol. The summed E-state index contributed by atoms with van der Waals surface area (Å²) in [7, 11) is 0. The summed E-state index contributed by atoms with van der Waals surface area (Å²) in [4.78, 5) is 1.91. The molecular weight excluding hydrogens is 268 g/mol. The number of aliphatic hydroxyl groups is 3. The second kappa shape index (κ2) is 10.00. The molecule has 19 heavy (non-hydrogen) atoms. The zero-order valence-corrected chi connectivity index (χ0v) is 11.7. The quantitative estimate of drug-likeness (QED) is 0.531. The molecule has 0 saturated heterocycles. The normalized spacial score (nSPS) is 11.8. The molecule has 0 amide bonds. The first-order valence-corrected chi connectivity index (χ1v) is 6.13. The van der Waals surface area contributed by atoms with E-state index in [4.69, 9.17) is 21.1 Å². The van der Waals surface area contributed by atoms with E-state index in [1.54, 1.807) is 0 Å². The first kappa shape index (κ1) is 18.1. The molecular formula is C13H23ClN2O3. The van der Waals surface area contributed by atoms with Gasteiger partial charge < -0.3 is 26.0 Å². The van der Waals surface area contributed by atoms with Gasteiger partial charge in [-0.1, -0.05) is 12.1 Å². The van der Waals surface area contributed by atoms with Crippen LogP contribution in [0.15, 0.2) is 24.3 Å². The van der Waals surface area contributed by atoms with Crippen molar-refractivity contribution in [2.45, 2.75) is 12.5 Å². The van der Waals surface area contributed by atoms with Crippen LogP contribution in [0, 0.1) is 0 Å². The first-order chi connectivity index (χ1) is 8.71. The molecule has 0 aliphatic carbocycles. The highest BCUT2D eigenvalue weighted by atomic mass is 35.5. The maximum Gasteiger partial charge on any atom is 0.0606 e. The fraction of sp³-hybridized carbons (Fsp3) is 0.538. The number of hydrogen-bond donors (Lipinski definition) is 4. The molecule has 1 aromatic carbocycles. The monoisotopic (exact) mass is 290 g/mol. The molecule has 0 fully saturated rings. The zero-order chi connectivity index (χ0) is 13.4. The summed E-state index contributed by atoms with van der Waals surface area (Å²) in [5, 5.41) is 26.8. The number of hydrogen-bond acceptors (Lipinski definition) is 5. The number of nitrogens with zero attached hydrogens (tertiary/aromatic N) is 1. The minimum absolute atomic E-state index is 0. The maximum atomic E-state index is 8.96. The van der Waals surface area contributed by atoms with Crippen molar-refractivity contribution >= 4 is 18.1 Å². The predicted octanol–water partition coefficient (Wildman–Crippen LogP) is -0.239. The van der Waals surface area contributed by atoms with Crippen LogP contribution in [-0.4, -0.2) is 54.3 Å². The van der Waals surface area contributed by atoms with E-state index in [0.717, 1.165) is 11.3 Å². The lowest BCUT2D eigenvalue weighted by Gasteiger charge is -2.23. The van der Waals surface area contributed by atoms with Crippen LogP contribution in [0.2, 0.25) is 0 Å². The SMILES string of the molecule is Cl.NC(CO)Cc1ccc(N(CCO)CCO)cc1. The predicted molar refractivity (Wildman–Crippen MR) is 78.8 cm³/mol. The van der Waals surface area contributed by atoms with Gasteiger partial charge >= 0.3 is 0 Å². The topological polar surface area (TPSA) is 90.0 Å². The van der Waals surface area contributed by atoms with Crippen molar-refractivity contribution in [3.8, 4) is 0 Å². The summed E-state index contributed by atoms with van der Waals surface area (Å²) in [6, 6.07) is 7.54. The molecule has 5 N–H and O–H groups in total. The van der Waals surface area contributed by atoms with Gasteiger partial charge in [-0.05, 0) is 24.1 Å². The molecule has 1 aromatic rings. The molecule has 0 bridgehead atoms. The van der Waals surface area contributed by atoms with E-state index in [1.165, 1.54) is 0 Å². The van der Waals surface area contributed by atoms with E-state index < -0.39 is 0 Å². The third-order valence-corrected chi connectivity index (χ3v) is 2.77. The number of halogens is 1. The summed E-state index contributed by atoms with van der Waals surface area (Å²) < 4.78 is 0. The van der Waals surface area contributed by atoms with Gasteiger partial charge in [-0.15, -0.1) is 12.4 Å². The van der Waals surface area contributed by atoms with Gasteiger partial charge in [0, 0.05) is 24.8 Å². The second-order valence-electron chi connectivity index (χ2n) is 4.25. The van der Waals surface area contributed by atoms with E-state index >= 15 is 0 Å². The summed E-state index contributed by atoms with van der Waals surface area (Å²) in [6.45, 7) is 1.07. The maximum absolute atomic E-state index is 8.96. The number of nitrogens with two attached hydrogens (primary N) is 1. The number of rotatable bonds is 8. The Labute approximate surface area is 120 Å². The third kappa shape index (κ3) is 6.22. The minimum atomic E-state index is -0.234. The van der Waals surface area contributed by atoms with Crippen LogP contribution in [-0.2, 0) is 6.42 Å². The van der Waals surface area contributed by atoms with Crippen molar-refractivity contribution in [3.05, 3.63) is 29.8 Å². The molecule has 0 aliphatic heterocycles. The van der Waals surface area contributed by atoms with Gasteiger partial charge in [0.25, 0.3) is 0 Å². The van der Waals surface area contributed by atoms with Crippen LogP contribution in [0.1, 0.15) is 5.56 Å². The second-order valence-corrected chi connectivity index (χ2v) is 4.25. The summed E-state index contributed by atoms with van der Waals surface area (Å²) in [5.74, 6) is 0. The Morgan fingerprint density at radius 3 is 1.95 bits per heavy atom. The van der Waals surface area contributed by atoms with Gasteiger partial charge in [0.15, 0.2) is 0 Å². The zero-order valence-electron chi connectivity index (χ0n) is 10.9. The molecule has 1 unspecified atom stereocenters. The lowest BCUT2D eigenvalue weighted by atomic mass is 10.1. The molecule has 6 heteroatoms. The smallest absolute Gasteiger partial charge is 0.0606 e. The van der Waals surface area contributed by atoms with Gasteiger partial charge in [-0.2, -0.15) is 0 Å². The third-order valence-electron chi connectivity index (χ3n) is 2.77. The Morgan fingerprint density at radius 1 is 1.00 bits per heavy atom. The minimum Gasteiger partial charge on any atom is -0.395 e. The van der Waals surface area contributed by atoms with Gasteiger partial charge in [0.2, 0.25) is 0 Å². The van der Waals surface area contributed by atoms with Crippen molar-refractivity contribution in [2.75, 3.05) is 37.8 Å². The fourth-order valence-corrected chi connectivity index (χ4v) is 1.82. The standard InChI is InChI=1S/C13H22N2O3.ClH/c14-12(10-18)9-11-1-3-13(4-2-11)15(5-7-16)6-8-17;/h1-4,12,16-18H,5-10,14H2;1H. The van der Waals surface area contributed by atoms with Crippen LogP contribution < -0.4 is 10.6 Å². The van der Waals surface area contributed by atoms with Crippen LogP contribution in [0.25, 0.3) is 0 Å². The van der Waals surface area contributed by atoms with Gasteiger partial charge in [-0.3, -0.25) is 0 Å². The fourth-order valence-electron chi connectivity index (χ4n) is 1.82. The number of benzene rings is 1. The van der Waals surface area contributed by atoms with Crippen LogP contribution in [0.4, 0.5) is 5.69 Å². The molecule has 1 rings (SSSR count). The van der Waals surface area contributed by atoms with E-state index in [0.29, 0.717) is 19.5 Å². The Bertz CT molecular complexity index is 329. The Balaban J connectivity index is 0.00000324. The van der Waals surface area contributed by atoms with Gasteiger partial charge in [0.1, 0.15) is 0 Å². The Hall–Kier alpha value is -0.850. The molecule has 0 saturated carbocycles. The van der Waals surface area contributed by atoms with Gasteiger partial charge in [-0.25, -0.2) is 0 Å². The van der Waals surface area contributed by atoms with Gasteiger partial charge in [0.05, 0.1) is 19.8 Å². The molecule has 1 atom stereocenters. The van der Waals surface area contributed by atoms with Crippen LogP contribution in [0.3, 0.4) is 0 Å². The Morgan fingerprint density at radius 2 is 1.53 bits per heavy atom. The summed E-state index contributed by atoms with van der Waals surface area (Å²) in [6.07, 6.45) is 0.636. The number of anilines is 1.